The summed E-state index contributed by atoms with van der Waals surface area (Å²) in [7, 11) is 0. The number of nitrogen functional groups attached to an aromatic ring is 1. The van der Waals surface area contributed by atoms with Crippen LogP contribution in [0, 0.1) is 5.92 Å². The SMILES string of the molecule is Nc1nc2c(c(N3CCN(CCCC(=O)N4CC(C(=O)O)C4)CC3)n1)CCc1cc(OCc3ccc(Cl)cc3)ccc1-2. The van der Waals surface area contributed by atoms with Crippen LogP contribution in [0.1, 0.15) is 29.5 Å². The molecule has 6 rings (SSSR count). The number of piperazine rings is 1. The number of aromatic nitrogens is 2. The summed E-state index contributed by atoms with van der Waals surface area (Å²) < 4.78 is 6.06. The molecule has 3 N–H and O–H groups in total. The highest BCUT2D eigenvalue weighted by Crippen LogP contribution is 2.38. The van der Waals surface area contributed by atoms with Crippen molar-refractivity contribution in [2.75, 3.05) is 56.4 Å². The number of halogens is 1. The molecule has 2 fully saturated rings. The van der Waals surface area contributed by atoms with Gasteiger partial charge in [-0.25, -0.2) is 4.98 Å². The molecule has 10 nitrogen and oxygen atoms in total. The molecule has 0 atom stereocenters. The average Bonchev–Trinajstić information content (AvgIpc) is 2.95. The number of nitrogens with two attached hydrogens (primary N) is 1. The van der Waals surface area contributed by atoms with Gasteiger partial charge in [0.2, 0.25) is 11.9 Å². The number of nitrogens with zero attached hydrogens (tertiary/aromatic N) is 5. The Morgan fingerprint density at radius 2 is 1.79 bits per heavy atom. The molecule has 0 radical (unpaired) electrons. The molecule has 1 aromatic heterocycles. The lowest BCUT2D eigenvalue weighted by Gasteiger charge is -2.38. The topological polar surface area (TPSA) is 125 Å². The number of amides is 1. The highest BCUT2D eigenvalue weighted by Gasteiger charge is 2.35. The predicted octanol–water partition coefficient (Wildman–Crippen LogP) is 3.50. The number of benzene rings is 2. The fraction of sp³-hybridized carbons (Fsp3) is 0.419. The first-order chi connectivity index (χ1) is 20.3. The van der Waals surface area contributed by atoms with E-state index in [-0.39, 0.29) is 11.9 Å². The summed E-state index contributed by atoms with van der Waals surface area (Å²) in [6, 6.07) is 13.8. The van der Waals surface area contributed by atoms with Crippen molar-refractivity contribution in [3.63, 3.8) is 0 Å². The number of rotatable bonds is 9. The van der Waals surface area contributed by atoms with E-state index in [0.29, 0.717) is 31.1 Å². The van der Waals surface area contributed by atoms with Crippen molar-refractivity contribution < 1.29 is 19.4 Å². The first-order valence-corrected chi connectivity index (χ1v) is 14.9. The van der Waals surface area contributed by atoms with Gasteiger partial charge in [0.1, 0.15) is 18.2 Å². The van der Waals surface area contributed by atoms with E-state index in [2.05, 4.69) is 31.9 Å². The maximum atomic E-state index is 12.3. The molecule has 220 valence electrons. The van der Waals surface area contributed by atoms with E-state index in [1.807, 2.05) is 30.3 Å². The Morgan fingerprint density at radius 1 is 1.02 bits per heavy atom. The third-order valence-corrected chi connectivity index (χ3v) is 8.67. The largest absolute Gasteiger partial charge is 0.489 e. The molecule has 42 heavy (non-hydrogen) atoms. The minimum Gasteiger partial charge on any atom is -0.489 e. The zero-order chi connectivity index (χ0) is 29.2. The van der Waals surface area contributed by atoms with Gasteiger partial charge in [0, 0.05) is 61.8 Å². The molecule has 2 saturated heterocycles. The van der Waals surface area contributed by atoms with Crippen LogP contribution in [0.15, 0.2) is 42.5 Å². The maximum absolute atomic E-state index is 12.3. The number of likely N-dealkylation sites (tertiary alicyclic amines) is 1. The van der Waals surface area contributed by atoms with Crippen molar-refractivity contribution in [1.82, 2.24) is 19.8 Å². The van der Waals surface area contributed by atoms with Gasteiger partial charge in [-0.2, -0.15) is 4.98 Å². The van der Waals surface area contributed by atoms with E-state index in [1.165, 1.54) is 5.56 Å². The Kier molecular flexibility index (Phi) is 8.17. The molecule has 1 aliphatic carbocycles. The van der Waals surface area contributed by atoms with Crippen molar-refractivity contribution in [3.05, 3.63) is 64.2 Å². The smallest absolute Gasteiger partial charge is 0.310 e. The maximum Gasteiger partial charge on any atom is 0.310 e. The highest BCUT2D eigenvalue weighted by molar-refractivity contribution is 6.30. The summed E-state index contributed by atoms with van der Waals surface area (Å²) in [6.45, 7) is 5.40. The van der Waals surface area contributed by atoms with Crippen LogP contribution in [0.5, 0.6) is 5.75 Å². The zero-order valence-electron chi connectivity index (χ0n) is 23.5. The van der Waals surface area contributed by atoms with Gasteiger partial charge in [-0.15, -0.1) is 0 Å². The van der Waals surface area contributed by atoms with Gasteiger partial charge >= 0.3 is 5.97 Å². The summed E-state index contributed by atoms with van der Waals surface area (Å²) in [5.41, 5.74) is 11.6. The van der Waals surface area contributed by atoms with Gasteiger partial charge in [-0.05, 0) is 67.3 Å². The molecule has 3 heterocycles. The molecule has 0 unspecified atom stereocenters. The van der Waals surface area contributed by atoms with Crippen LogP contribution < -0.4 is 15.4 Å². The molecule has 1 amide bonds. The summed E-state index contributed by atoms with van der Waals surface area (Å²) in [5, 5.41) is 9.71. The van der Waals surface area contributed by atoms with E-state index in [4.69, 9.17) is 27.2 Å². The molecule has 11 heteroatoms. The van der Waals surface area contributed by atoms with Crippen LogP contribution in [0.2, 0.25) is 5.02 Å². The highest BCUT2D eigenvalue weighted by atomic mass is 35.5. The van der Waals surface area contributed by atoms with Crippen molar-refractivity contribution >= 4 is 35.2 Å². The van der Waals surface area contributed by atoms with Gasteiger partial charge in [-0.3, -0.25) is 14.5 Å². The summed E-state index contributed by atoms with van der Waals surface area (Å²) in [6.07, 6.45) is 2.93. The van der Waals surface area contributed by atoms with Crippen molar-refractivity contribution in [1.29, 1.82) is 0 Å². The van der Waals surface area contributed by atoms with Gasteiger partial charge < -0.3 is 25.4 Å². The Bertz CT molecular complexity index is 1470. The Balaban J connectivity index is 1.05. The number of hydrogen-bond acceptors (Lipinski definition) is 8. The zero-order valence-corrected chi connectivity index (χ0v) is 24.2. The minimum absolute atomic E-state index is 0.0507. The van der Waals surface area contributed by atoms with Gasteiger partial charge in [-0.1, -0.05) is 23.7 Å². The summed E-state index contributed by atoms with van der Waals surface area (Å²) in [5.74, 6) is 0.840. The molecular weight excluding hydrogens is 556 g/mol. The summed E-state index contributed by atoms with van der Waals surface area (Å²) >= 11 is 5.99. The molecular formula is C31H35ClN6O4. The molecule has 2 aliphatic heterocycles. The van der Waals surface area contributed by atoms with E-state index in [9.17, 15) is 9.59 Å². The fourth-order valence-electron chi connectivity index (χ4n) is 5.94. The average molecular weight is 591 g/mol. The predicted molar refractivity (Wildman–Crippen MR) is 161 cm³/mol. The number of aliphatic carboxylic acids is 1. The van der Waals surface area contributed by atoms with Crippen LogP contribution >= 0.6 is 11.6 Å². The number of ether oxygens (including phenoxy) is 1. The van der Waals surface area contributed by atoms with Crippen molar-refractivity contribution in [2.45, 2.75) is 32.3 Å². The third-order valence-electron chi connectivity index (χ3n) is 8.42. The van der Waals surface area contributed by atoms with E-state index in [1.54, 1.807) is 4.90 Å². The van der Waals surface area contributed by atoms with Crippen molar-refractivity contribution in [2.24, 2.45) is 5.92 Å². The van der Waals surface area contributed by atoms with E-state index >= 15 is 0 Å². The Labute approximate surface area is 250 Å². The van der Waals surface area contributed by atoms with Gasteiger partial charge in [0.25, 0.3) is 0 Å². The van der Waals surface area contributed by atoms with Crippen LogP contribution in [-0.4, -0.2) is 82.6 Å². The first kappa shape index (κ1) is 28.2. The standard InChI is InChI=1S/C31H35ClN6O4/c32-23-6-3-20(4-7-23)19-42-24-8-10-25-21(16-24)5-9-26-28(25)34-31(33)35-29(26)37-14-12-36(13-15-37)11-1-2-27(39)38-17-22(18-38)30(40)41/h3-4,6-8,10,16,22H,1-2,5,9,11-15,17-19H2,(H,40,41)(H2,33,34,35). The number of carbonyl (C=O) groups is 2. The summed E-state index contributed by atoms with van der Waals surface area (Å²) in [4.78, 5) is 38.9. The number of anilines is 2. The Hall–Kier alpha value is -3.89. The van der Waals surface area contributed by atoms with E-state index in [0.717, 1.165) is 85.9 Å². The monoisotopic (exact) mass is 590 g/mol. The molecule has 2 aromatic carbocycles. The van der Waals surface area contributed by atoms with Crippen LogP contribution in [0.4, 0.5) is 11.8 Å². The molecule has 3 aromatic rings. The third kappa shape index (κ3) is 6.15. The second-order valence-corrected chi connectivity index (χ2v) is 11.7. The van der Waals surface area contributed by atoms with Crippen LogP contribution in [-0.2, 0) is 29.0 Å². The molecule has 0 saturated carbocycles. The van der Waals surface area contributed by atoms with Crippen molar-refractivity contribution in [3.8, 4) is 17.0 Å². The molecule has 3 aliphatic rings. The lowest BCUT2D eigenvalue weighted by atomic mass is 9.88. The first-order valence-electron chi connectivity index (χ1n) is 14.5. The second kappa shape index (κ2) is 12.1. The Morgan fingerprint density at radius 3 is 2.52 bits per heavy atom. The fourth-order valence-corrected chi connectivity index (χ4v) is 6.07. The number of carbonyl (C=O) groups excluding carboxylic acids is 1. The number of carboxylic acids is 1. The number of fused-ring (bicyclic) bond motifs is 3. The normalized spacial score (nSPS) is 16.9. The van der Waals surface area contributed by atoms with E-state index < -0.39 is 11.9 Å². The van der Waals surface area contributed by atoms with Gasteiger partial charge in [0.05, 0.1) is 11.6 Å². The van der Waals surface area contributed by atoms with Crippen LogP contribution in [0.25, 0.3) is 11.3 Å². The van der Waals surface area contributed by atoms with Crippen LogP contribution in [0.3, 0.4) is 0 Å². The molecule has 0 spiro atoms. The minimum atomic E-state index is -0.822. The second-order valence-electron chi connectivity index (χ2n) is 11.2. The quantitative estimate of drug-likeness (QED) is 0.385. The number of carboxylic acid groups (broad SMARTS) is 1. The lowest BCUT2D eigenvalue weighted by molar-refractivity contribution is -0.152. The number of aryl methyl sites for hydroxylation is 1. The number of hydrogen-bond donors (Lipinski definition) is 2. The lowest BCUT2D eigenvalue weighted by Crippen LogP contribution is -2.53. The van der Waals surface area contributed by atoms with Gasteiger partial charge in [0.15, 0.2) is 0 Å². The molecule has 0 bridgehead atoms.